The van der Waals surface area contributed by atoms with Gasteiger partial charge in [-0.15, -0.1) is 15.0 Å². The fourth-order valence-corrected chi connectivity index (χ4v) is 3.85. The van der Waals surface area contributed by atoms with Crippen molar-refractivity contribution >= 4 is 17.6 Å². The zero-order valence-electron chi connectivity index (χ0n) is 17.3. The lowest BCUT2D eigenvalue weighted by Gasteiger charge is -2.43. The van der Waals surface area contributed by atoms with Gasteiger partial charge in [0.1, 0.15) is 11.4 Å². The third kappa shape index (κ3) is 4.87. The Morgan fingerprint density at radius 1 is 1.09 bits per heavy atom. The molecule has 2 aromatic carbocycles. The molecule has 1 spiro atoms. The fourth-order valence-electron chi connectivity index (χ4n) is 3.85. The van der Waals surface area contributed by atoms with E-state index in [-0.39, 0.29) is 5.60 Å². The molecule has 3 heterocycles. The molecule has 33 heavy (non-hydrogen) atoms. The Labute approximate surface area is 186 Å². The van der Waals surface area contributed by atoms with Crippen LogP contribution in [0.1, 0.15) is 24.0 Å². The van der Waals surface area contributed by atoms with Crippen LogP contribution in [-0.4, -0.2) is 56.1 Å². The van der Waals surface area contributed by atoms with Crippen molar-refractivity contribution in [3.8, 4) is 11.4 Å². The van der Waals surface area contributed by atoms with Crippen LogP contribution < -0.4 is 10.1 Å². The number of carbonyl (C=O) groups is 1. The van der Waals surface area contributed by atoms with E-state index < -0.39 is 12.1 Å². The van der Waals surface area contributed by atoms with Crippen LogP contribution in [0.3, 0.4) is 0 Å². The number of nitrogens with zero attached hydrogens (tertiary/aromatic N) is 4. The summed E-state index contributed by atoms with van der Waals surface area (Å²) in [5.74, 6) is -1.78. The first-order chi connectivity index (χ1) is 15.8. The number of hydrogen-bond acceptors (Lipinski definition) is 6. The van der Waals surface area contributed by atoms with Crippen molar-refractivity contribution in [1.29, 1.82) is 0 Å². The third-order valence-electron chi connectivity index (χ3n) is 5.43. The van der Waals surface area contributed by atoms with Crippen LogP contribution in [0.5, 0.6) is 5.75 Å². The zero-order valence-corrected chi connectivity index (χ0v) is 17.3. The molecule has 2 N–H and O–H groups in total. The van der Waals surface area contributed by atoms with E-state index in [0.29, 0.717) is 0 Å². The van der Waals surface area contributed by atoms with Crippen molar-refractivity contribution in [2.24, 2.45) is 0 Å². The van der Waals surface area contributed by atoms with Gasteiger partial charge in [-0.3, -0.25) is 0 Å². The average molecular weight is 459 g/mol. The lowest BCUT2D eigenvalue weighted by Crippen LogP contribution is -2.48. The van der Waals surface area contributed by atoms with Gasteiger partial charge in [0.15, 0.2) is 6.33 Å². The van der Waals surface area contributed by atoms with Crippen molar-refractivity contribution in [1.82, 2.24) is 25.5 Å². The summed E-state index contributed by atoms with van der Waals surface area (Å²) >= 11 is 0. The molecule has 0 aliphatic carbocycles. The lowest BCUT2D eigenvalue weighted by molar-refractivity contribution is -0.192. The number of aliphatic carboxylic acids is 1. The van der Waals surface area contributed by atoms with Gasteiger partial charge in [0.2, 0.25) is 0 Å². The molecule has 0 unspecified atom stereocenters. The Morgan fingerprint density at radius 2 is 1.76 bits per heavy atom. The number of carboxylic acids is 1. The second-order valence-corrected chi connectivity index (χ2v) is 7.52. The molecule has 5 rings (SSSR count). The van der Waals surface area contributed by atoms with E-state index in [1.54, 1.807) is 0 Å². The summed E-state index contributed by atoms with van der Waals surface area (Å²) in [6, 6.07) is 16.5. The van der Waals surface area contributed by atoms with Crippen LogP contribution in [0, 0.1) is 0 Å². The van der Waals surface area contributed by atoms with Crippen LogP contribution in [0.2, 0.25) is 0 Å². The first-order valence-corrected chi connectivity index (χ1v) is 10.1. The molecular formula is C22H20F3N5O3. The van der Waals surface area contributed by atoms with Crippen molar-refractivity contribution in [3.05, 3.63) is 66.0 Å². The summed E-state index contributed by atoms with van der Waals surface area (Å²) in [5.41, 5.74) is 4.17. The van der Waals surface area contributed by atoms with E-state index in [4.69, 9.17) is 14.6 Å². The third-order valence-corrected chi connectivity index (χ3v) is 5.43. The second kappa shape index (κ2) is 9.02. The normalized spacial score (nSPS) is 16.6. The molecule has 0 saturated carbocycles. The van der Waals surface area contributed by atoms with Crippen molar-refractivity contribution in [3.63, 3.8) is 0 Å². The number of nitrogens with one attached hydrogen (secondary N) is 1. The highest BCUT2D eigenvalue weighted by Gasteiger charge is 2.41. The molecule has 11 heteroatoms. The fraction of sp³-hybridized carbons (Fsp3) is 0.273. The number of piperidine rings is 1. The van der Waals surface area contributed by atoms with Crippen LogP contribution in [0.25, 0.3) is 17.3 Å². The van der Waals surface area contributed by atoms with Crippen LogP contribution in [0.15, 0.2) is 54.9 Å². The Kier molecular flexibility index (Phi) is 6.14. The summed E-state index contributed by atoms with van der Waals surface area (Å²) < 4.78 is 38.3. The highest BCUT2D eigenvalue weighted by molar-refractivity contribution is 5.89. The van der Waals surface area contributed by atoms with E-state index in [1.807, 2.05) is 18.2 Å². The number of carboxylic acid groups (broad SMARTS) is 1. The molecule has 0 atom stereocenters. The summed E-state index contributed by atoms with van der Waals surface area (Å²) in [4.78, 5) is 10.4. The Balaban J connectivity index is 0.000000325. The highest BCUT2D eigenvalue weighted by atomic mass is 19.4. The van der Waals surface area contributed by atoms with Gasteiger partial charge in [0, 0.05) is 24.0 Å². The molecule has 3 aromatic rings. The molecule has 0 radical (unpaired) electrons. The Morgan fingerprint density at radius 3 is 2.36 bits per heavy atom. The number of alkyl halides is 3. The Bertz CT molecular complexity index is 1140. The van der Waals surface area contributed by atoms with Crippen molar-refractivity contribution in [2.75, 3.05) is 13.1 Å². The predicted octanol–water partition coefficient (Wildman–Crippen LogP) is 3.35. The molecule has 1 saturated heterocycles. The van der Waals surface area contributed by atoms with Gasteiger partial charge < -0.3 is 15.2 Å². The number of ether oxygens (including phenoxy) is 1. The molecule has 8 nitrogen and oxygen atoms in total. The summed E-state index contributed by atoms with van der Waals surface area (Å²) in [5, 5.41) is 22.4. The second-order valence-electron chi connectivity index (χ2n) is 7.52. The molecule has 172 valence electrons. The van der Waals surface area contributed by atoms with Gasteiger partial charge >= 0.3 is 12.1 Å². The summed E-state index contributed by atoms with van der Waals surface area (Å²) in [6.07, 6.45) is 0.554. The number of rotatable bonds is 2. The quantitative estimate of drug-likeness (QED) is 0.606. The smallest absolute Gasteiger partial charge is 0.482 e. The van der Waals surface area contributed by atoms with E-state index in [0.717, 1.165) is 42.9 Å². The summed E-state index contributed by atoms with van der Waals surface area (Å²) in [7, 11) is 0. The monoisotopic (exact) mass is 459 g/mol. The Hall–Kier alpha value is -3.73. The van der Waals surface area contributed by atoms with E-state index in [2.05, 4.69) is 57.1 Å². The molecule has 0 bridgehead atoms. The van der Waals surface area contributed by atoms with E-state index in [9.17, 15) is 13.2 Å². The first kappa shape index (κ1) is 22.5. The number of benzene rings is 2. The molecular weight excluding hydrogens is 439 g/mol. The van der Waals surface area contributed by atoms with Gasteiger partial charge in [-0.1, -0.05) is 30.3 Å². The number of halogens is 3. The molecule has 2 aliphatic heterocycles. The van der Waals surface area contributed by atoms with Gasteiger partial charge in [-0.05, 0) is 48.1 Å². The van der Waals surface area contributed by atoms with Crippen molar-refractivity contribution < 1.29 is 27.8 Å². The van der Waals surface area contributed by atoms with Gasteiger partial charge in [0.05, 0.1) is 5.69 Å². The van der Waals surface area contributed by atoms with Gasteiger partial charge in [-0.2, -0.15) is 13.2 Å². The minimum atomic E-state index is -5.08. The van der Waals surface area contributed by atoms with E-state index >= 15 is 0 Å². The molecule has 2 aliphatic rings. The number of fused-ring (bicyclic) bond motifs is 1. The van der Waals surface area contributed by atoms with Crippen LogP contribution in [-0.2, 0) is 4.79 Å². The predicted molar refractivity (Wildman–Crippen MR) is 113 cm³/mol. The lowest BCUT2D eigenvalue weighted by atomic mass is 9.78. The minimum absolute atomic E-state index is 0.271. The van der Waals surface area contributed by atoms with Crippen LogP contribution >= 0.6 is 0 Å². The SMILES string of the molecule is C1=C(c2ccc(-n3ncnn3)cc2)C2(CCNCC2)Oc2ccccc21.O=C(O)C(F)(F)F. The largest absolute Gasteiger partial charge is 0.490 e. The maximum Gasteiger partial charge on any atom is 0.490 e. The maximum absolute atomic E-state index is 10.6. The first-order valence-electron chi connectivity index (χ1n) is 10.1. The maximum atomic E-state index is 10.6. The molecule has 1 aromatic heterocycles. The number of aromatic nitrogens is 4. The number of tetrazole rings is 1. The number of para-hydroxylation sites is 1. The van der Waals surface area contributed by atoms with Gasteiger partial charge in [-0.25, -0.2) is 4.79 Å². The average Bonchev–Trinajstić information content (AvgIpc) is 3.34. The standard InChI is InChI=1S/C20H19N5O.C2HF3O2/c1-2-4-19-16(3-1)13-18(20(26-19)9-11-21-12-10-20)15-5-7-17(8-6-15)25-23-14-22-24-25;3-2(4,5)1(6)7/h1-8,13-14,21H,9-12H2;(H,6,7). The molecule has 0 amide bonds. The van der Waals surface area contributed by atoms with Crippen molar-refractivity contribution in [2.45, 2.75) is 24.6 Å². The topological polar surface area (TPSA) is 102 Å². The number of hydrogen-bond donors (Lipinski definition) is 2. The van der Waals surface area contributed by atoms with E-state index in [1.165, 1.54) is 22.3 Å². The zero-order chi connectivity index (χ0) is 23.5. The molecule has 1 fully saturated rings. The van der Waals surface area contributed by atoms with Crippen LogP contribution in [0.4, 0.5) is 13.2 Å². The highest BCUT2D eigenvalue weighted by Crippen LogP contribution is 2.45. The minimum Gasteiger partial charge on any atom is -0.482 e. The van der Waals surface area contributed by atoms with Gasteiger partial charge in [0.25, 0.3) is 0 Å². The summed E-state index contributed by atoms with van der Waals surface area (Å²) in [6.45, 7) is 1.92.